The lowest BCUT2D eigenvalue weighted by Crippen LogP contribution is -2.31. The largest absolute Gasteiger partial charge is 0.494 e. The van der Waals surface area contributed by atoms with E-state index >= 15 is 0 Å². The molecule has 1 rings (SSSR count). The molecule has 4 nitrogen and oxygen atoms in total. The second kappa shape index (κ2) is 8.15. The fourth-order valence-electron chi connectivity index (χ4n) is 1.99. The summed E-state index contributed by atoms with van der Waals surface area (Å²) in [6.07, 6.45) is 1.09. The second-order valence-electron chi connectivity index (χ2n) is 4.87. The van der Waals surface area contributed by atoms with E-state index in [-0.39, 0.29) is 6.04 Å². The van der Waals surface area contributed by atoms with Crippen molar-refractivity contribution in [2.24, 2.45) is 5.73 Å². The summed E-state index contributed by atoms with van der Waals surface area (Å²) in [7, 11) is 1.88. The molecule has 0 aliphatic heterocycles. The summed E-state index contributed by atoms with van der Waals surface area (Å²) in [5.74, 6) is 0.846. The lowest BCUT2D eigenvalue weighted by Gasteiger charge is -2.21. The third-order valence-corrected chi connectivity index (χ3v) is 3.17. The van der Waals surface area contributed by atoms with Crippen LogP contribution in [0.4, 0.5) is 0 Å². The molecule has 0 fully saturated rings. The Morgan fingerprint density at radius 3 is 2.74 bits per heavy atom. The maximum absolute atomic E-state index is 10.3. The first-order chi connectivity index (χ1) is 9.10. The van der Waals surface area contributed by atoms with Gasteiger partial charge in [0.15, 0.2) is 0 Å². The number of nitrogens with one attached hydrogen (secondary N) is 1. The van der Waals surface area contributed by atoms with Crippen molar-refractivity contribution < 1.29 is 9.84 Å². The zero-order valence-electron chi connectivity index (χ0n) is 12.1. The van der Waals surface area contributed by atoms with Gasteiger partial charge in [-0.2, -0.15) is 0 Å². The predicted molar refractivity (Wildman–Crippen MR) is 78.4 cm³/mol. The molecule has 2 atom stereocenters. The van der Waals surface area contributed by atoms with Crippen molar-refractivity contribution >= 4 is 0 Å². The summed E-state index contributed by atoms with van der Waals surface area (Å²) in [4.78, 5) is 0. The van der Waals surface area contributed by atoms with Gasteiger partial charge < -0.3 is 20.9 Å². The normalized spacial score (nSPS) is 14.2. The van der Waals surface area contributed by atoms with Crippen molar-refractivity contribution in [1.82, 2.24) is 5.32 Å². The Kier molecular flexibility index (Phi) is 6.84. The Labute approximate surface area is 116 Å². The minimum atomic E-state index is -0.631. The molecule has 1 aromatic rings. The molecule has 2 unspecified atom stereocenters. The van der Waals surface area contributed by atoms with Crippen molar-refractivity contribution in [3.63, 3.8) is 0 Å². The summed E-state index contributed by atoms with van der Waals surface area (Å²) in [5.41, 5.74) is 7.90. The van der Waals surface area contributed by atoms with Crippen LogP contribution in [0.3, 0.4) is 0 Å². The third-order valence-electron chi connectivity index (χ3n) is 3.17. The molecule has 0 spiro atoms. The minimum Gasteiger partial charge on any atom is -0.494 e. The van der Waals surface area contributed by atoms with E-state index < -0.39 is 6.10 Å². The zero-order chi connectivity index (χ0) is 14.3. The van der Waals surface area contributed by atoms with Crippen LogP contribution in [0.15, 0.2) is 18.2 Å². The number of ether oxygens (including phenoxy) is 1. The average molecular weight is 266 g/mol. The molecule has 0 aromatic heterocycles. The highest BCUT2D eigenvalue weighted by molar-refractivity contribution is 5.36. The summed E-state index contributed by atoms with van der Waals surface area (Å²) < 4.78 is 5.57. The molecule has 108 valence electrons. The quantitative estimate of drug-likeness (QED) is 0.670. The first kappa shape index (κ1) is 16.0. The van der Waals surface area contributed by atoms with E-state index in [4.69, 9.17) is 10.5 Å². The first-order valence-corrected chi connectivity index (χ1v) is 6.91. The number of aryl methyl sites for hydroxylation is 1. The first-order valence-electron chi connectivity index (χ1n) is 6.91. The molecular formula is C15H26N2O2. The Balaban J connectivity index is 2.72. The van der Waals surface area contributed by atoms with Gasteiger partial charge in [-0.05, 0) is 56.6 Å². The van der Waals surface area contributed by atoms with Crippen LogP contribution in [-0.4, -0.2) is 31.3 Å². The van der Waals surface area contributed by atoms with Gasteiger partial charge in [-0.3, -0.25) is 0 Å². The van der Waals surface area contributed by atoms with Gasteiger partial charge in [0.25, 0.3) is 0 Å². The molecule has 0 saturated carbocycles. The number of rotatable bonds is 8. The summed E-state index contributed by atoms with van der Waals surface area (Å²) in [6.45, 7) is 5.56. The Morgan fingerprint density at radius 1 is 1.42 bits per heavy atom. The maximum atomic E-state index is 10.3. The molecule has 0 aliphatic rings. The Hall–Kier alpha value is -1.10. The van der Waals surface area contributed by atoms with Crippen molar-refractivity contribution in [3.8, 4) is 5.75 Å². The smallest absolute Gasteiger partial charge is 0.119 e. The van der Waals surface area contributed by atoms with Crippen LogP contribution in [0.2, 0.25) is 0 Å². The van der Waals surface area contributed by atoms with Crippen LogP contribution in [0, 0.1) is 6.92 Å². The number of aliphatic hydroxyl groups is 1. The highest BCUT2D eigenvalue weighted by Gasteiger charge is 2.18. The van der Waals surface area contributed by atoms with Gasteiger partial charge >= 0.3 is 0 Å². The van der Waals surface area contributed by atoms with Crippen LogP contribution >= 0.6 is 0 Å². The van der Waals surface area contributed by atoms with Crippen LogP contribution in [-0.2, 0) is 0 Å². The van der Waals surface area contributed by atoms with Gasteiger partial charge in [-0.15, -0.1) is 0 Å². The van der Waals surface area contributed by atoms with E-state index in [1.807, 2.05) is 32.2 Å². The van der Waals surface area contributed by atoms with Gasteiger partial charge in [-0.1, -0.05) is 13.0 Å². The van der Waals surface area contributed by atoms with E-state index in [0.29, 0.717) is 6.61 Å². The zero-order valence-corrected chi connectivity index (χ0v) is 12.1. The fraction of sp³-hybridized carbons (Fsp3) is 0.600. The topological polar surface area (TPSA) is 67.5 Å². The molecular weight excluding hydrogens is 240 g/mol. The average Bonchev–Trinajstić information content (AvgIpc) is 2.41. The molecule has 19 heavy (non-hydrogen) atoms. The maximum Gasteiger partial charge on any atom is 0.119 e. The molecule has 0 aliphatic carbocycles. The van der Waals surface area contributed by atoms with Crippen LogP contribution < -0.4 is 15.8 Å². The highest BCUT2D eigenvalue weighted by atomic mass is 16.5. The number of nitrogens with two attached hydrogens (primary N) is 1. The fourth-order valence-corrected chi connectivity index (χ4v) is 1.99. The van der Waals surface area contributed by atoms with Crippen molar-refractivity contribution in [1.29, 1.82) is 0 Å². The van der Waals surface area contributed by atoms with E-state index in [1.54, 1.807) is 0 Å². The molecule has 0 heterocycles. The monoisotopic (exact) mass is 266 g/mol. The summed E-state index contributed by atoms with van der Waals surface area (Å²) in [6, 6.07) is 5.50. The van der Waals surface area contributed by atoms with E-state index in [9.17, 15) is 5.11 Å². The molecule has 4 N–H and O–H groups in total. The van der Waals surface area contributed by atoms with E-state index in [0.717, 1.165) is 36.3 Å². The number of aliphatic hydroxyl groups excluding tert-OH is 1. The van der Waals surface area contributed by atoms with Gasteiger partial charge in [-0.25, -0.2) is 0 Å². The highest BCUT2D eigenvalue weighted by Crippen LogP contribution is 2.25. The molecule has 0 saturated heterocycles. The standard InChI is InChI=1S/C15H26N2O2/c1-4-9-19-12-5-6-13(11(2)10-12)15(18)14(16)7-8-17-3/h5-6,10,14-15,17-18H,4,7-9,16H2,1-3H3. The lowest BCUT2D eigenvalue weighted by atomic mass is 9.96. The van der Waals surface area contributed by atoms with Crippen LogP contribution in [0.25, 0.3) is 0 Å². The SMILES string of the molecule is CCCOc1ccc(C(O)C(N)CCNC)c(C)c1. The van der Waals surface area contributed by atoms with Gasteiger partial charge in [0.05, 0.1) is 12.7 Å². The third kappa shape index (κ3) is 4.82. The number of hydrogen-bond donors (Lipinski definition) is 3. The Bertz CT molecular complexity index is 382. The van der Waals surface area contributed by atoms with E-state index in [2.05, 4.69) is 12.2 Å². The van der Waals surface area contributed by atoms with Gasteiger partial charge in [0.2, 0.25) is 0 Å². The van der Waals surface area contributed by atoms with Crippen molar-refractivity contribution in [2.45, 2.75) is 38.8 Å². The Morgan fingerprint density at radius 2 is 2.16 bits per heavy atom. The number of hydrogen-bond acceptors (Lipinski definition) is 4. The summed E-state index contributed by atoms with van der Waals surface area (Å²) >= 11 is 0. The molecule has 0 radical (unpaired) electrons. The van der Waals surface area contributed by atoms with Gasteiger partial charge in [0.1, 0.15) is 5.75 Å². The van der Waals surface area contributed by atoms with Gasteiger partial charge in [0, 0.05) is 6.04 Å². The van der Waals surface area contributed by atoms with Crippen LogP contribution in [0.1, 0.15) is 37.0 Å². The molecule has 4 heteroatoms. The minimum absolute atomic E-state index is 0.256. The number of benzene rings is 1. The van der Waals surface area contributed by atoms with Crippen molar-refractivity contribution in [2.75, 3.05) is 20.2 Å². The summed E-state index contributed by atoms with van der Waals surface area (Å²) in [5, 5.41) is 13.3. The molecule has 0 bridgehead atoms. The molecule has 0 amide bonds. The predicted octanol–water partition coefficient (Wildman–Crippen LogP) is 1.75. The molecule has 1 aromatic carbocycles. The van der Waals surface area contributed by atoms with Crippen LogP contribution in [0.5, 0.6) is 5.75 Å². The van der Waals surface area contributed by atoms with E-state index in [1.165, 1.54) is 0 Å². The lowest BCUT2D eigenvalue weighted by molar-refractivity contribution is 0.141. The van der Waals surface area contributed by atoms with Crippen molar-refractivity contribution in [3.05, 3.63) is 29.3 Å². The second-order valence-corrected chi connectivity index (χ2v) is 4.87.